The summed E-state index contributed by atoms with van der Waals surface area (Å²) in [6.07, 6.45) is -0.610. The number of benzene rings is 1. The average Bonchev–Trinajstić information content (AvgIpc) is 2.74. The molecule has 0 saturated carbocycles. The van der Waals surface area contributed by atoms with Crippen LogP contribution in [0.25, 0.3) is 0 Å². The highest BCUT2D eigenvalue weighted by Crippen LogP contribution is 2.32. The Morgan fingerprint density at radius 2 is 2.28 bits per heavy atom. The molecule has 1 aromatic carbocycles. The van der Waals surface area contributed by atoms with Crippen molar-refractivity contribution < 1.29 is 5.11 Å². The molecule has 0 aliphatic rings. The third kappa shape index (κ3) is 2.50. The third-order valence-electron chi connectivity index (χ3n) is 2.38. The Morgan fingerprint density at radius 3 is 2.83 bits per heavy atom. The van der Waals surface area contributed by atoms with Crippen molar-refractivity contribution in [1.29, 1.82) is 5.26 Å². The van der Waals surface area contributed by atoms with E-state index in [9.17, 15) is 5.11 Å². The van der Waals surface area contributed by atoms with Gasteiger partial charge in [-0.3, -0.25) is 0 Å². The summed E-state index contributed by atoms with van der Waals surface area (Å²) in [4.78, 5) is 0.780. The predicted molar refractivity (Wildman–Crippen MR) is 64.7 cm³/mol. The van der Waals surface area contributed by atoms with Crippen LogP contribution in [-0.2, 0) is 7.05 Å². The summed E-state index contributed by atoms with van der Waals surface area (Å²) in [6, 6.07) is 7.22. The van der Waals surface area contributed by atoms with Gasteiger partial charge in [0.1, 0.15) is 0 Å². The Kier molecular flexibility index (Phi) is 3.60. The minimum Gasteiger partial charge on any atom is -0.389 e. The number of nitrogens with zero attached hydrogens (tertiary/aromatic N) is 5. The Hall–Kier alpha value is -1.91. The van der Waals surface area contributed by atoms with E-state index in [0.29, 0.717) is 10.7 Å². The first kappa shape index (κ1) is 12.5. The third-order valence-corrected chi connectivity index (χ3v) is 3.48. The molecule has 0 fully saturated rings. The van der Waals surface area contributed by atoms with Crippen molar-refractivity contribution in [1.82, 2.24) is 20.2 Å². The molecule has 7 heteroatoms. The van der Waals surface area contributed by atoms with Crippen molar-refractivity contribution in [3.05, 3.63) is 29.3 Å². The first-order valence-corrected chi connectivity index (χ1v) is 6.06. The van der Waals surface area contributed by atoms with Crippen LogP contribution in [0.1, 0.15) is 24.2 Å². The van der Waals surface area contributed by atoms with Crippen molar-refractivity contribution >= 4 is 11.8 Å². The van der Waals surface area contributed by atoms with Crippen LogP contribution in [-0.4, -0.2) is 25.3 Å². The Balaban J connectivity index is 2.42. The van der Waals surface area contributed by atoms with Gasteiger partial charge in [-0.25, -0.2) is 4.68 Å². The number of tetrazole rings is 1. The zero-order valence-electron chi connectivity index (χ0n) is 9.90. The fourth-order valence-electron chi connectivity index (χ4n) is 1.44. The molecule has 0 aliphatic carbocycles. The van der Waals surface area contributed by atoms with E-state index in [1.165, 1.54) is 16.4 Å². The van der Waals surface area contributed by atoms with E-state index in [2.05, 4.69) is 21.6 Å². The molecule has 0 radical (unpaired) electrons. The highest BCUT2D eigenvalue weighted by Gasteiger charge is 2.13. The number of aliphatic hydroxyl groups excluding tert-OH is 1. The van der Waals surface area contributed by atoms with Crippen LogP contribution >= 0.6 is 11.8 Å². The molecule has 0 unspecified atom stereocenters. The minimum atomic E-state index is -0.610. The lowest BCUT2D eigenvalue weighted by molar-refractivity contribution is 0.196. The highest BCUT2D eigenvalue weighted by atomic mass is 32.2. The van der Waals surface area contributed by atoms with Crippen LogP contribution in [0.5, 0.6) is 0 Å². The van der Waals surface area contributed by atoms with Crippen molar-refractivity contribution in [2.45, 2.75) is 23.1 Å². The van der Waals surface area contributed by atoms with E-state index in [-0.39, 0.29) is 0 Å². The van der Waals surface area contributed by atoms with Crippen molar-refractivity contribution in [2.24, 2.45) is 7.05 Å². The predicted octanol–water partition coefficient (Wildman–Crippen LogP) is 1.29. The number of rotatable bonds is 3. The lowest BCUT2D eigenvalue weighted by Gasteiger charge is -2.10. The molecule has 0 amide bonds. The molecule has 18 heavy (non-hydrogen) atoms. The van der Waals surface area contributed by atoms with Crippen molar-refractivity contribution in [3.63, 3.8) is 0 Å². The first-order valence-electron chi connectivity index (χ1n) is 5.24. The number of hydrogen-bond donors (Lipinski definition) is 1. The molecule has 1 heterocycles. The van der Waals surface area contributed by atoms with E-state index in [4.69, 9.17) is 5.26 Å². The summed E-state index contributed by atoms with van der Waals surface area (Å²) in [5.74, 6) is 0. The summed E-state index contributed by atoms with van der Waals surface area (Å²) < 4.78 is 1.54. The van der Waals surface area contributed by atoms with Gasteiger partial charge in [0.2, 0.25) is 5.16 Å². The molecule has 0 bridgehead atoms. The van der Waals surface area contributed by atoms with Crippen molar-refractivity contribution in [3.8, 4) is 6.07 Å². The number of hydrogen-bond acceptors (Lipinski definition) is 6. The molecule has 0 spiro atoms. The normalized spacial score (nSPS) is 12.1. The molecule has 6 nitrogen and oxygen atoms in total. The molecule has 1 atom stereocenters. The average molecular weight is 261 g/mol. The summed E-state index contributed by atoms with van der Waals surface area (Å²) in [7, 11) is 1.73. The van der Waals surface area contributed by atoms with Gasteiger partial charge in [0.25, 0.3) is 0 Å². The zero-order valence-corrected chi connectivity index (χ0v) is 10.7. The maximum absolute atomic E-state index is 9.71. The van der Waals surface area contributed by atoms with Gasteiger partial charge < -0.3 is 5.11 Å². The molecule has 0 saturated heterocycles. The number of nitriles is 1. The molecule has 2 rings (SSSR count). The summed E-state index contributed by atoms with van der Waals surface area (Å²) >= 11 is 1.32. The van der Waals surface area contributed by atoms with Crippen LogP contribution in [0.4, 0.5) is 0 Å². The fraction of sp³-hybridized carbons (Fsp3) is 0.273. The van der Waals surface area contributed by atoms with E-state index < -0.39 is 6.10 Å². The number of aromatic nitrogens is 4. The van der Waals surface area contributed by atoms with Gasteiger partial charge in [-0.15, -0.1) is 5.10 Å². The van der Waals surface area contributed by atoms with E-state index in [0.717, 1.165) is 10.5 Å². The van der Waals surface area contributed by atoms with E-state index in [1.54, 1.807) is 32.2 Å². The molecular formula is C11H11N5OS. The molecule has 1 aromatic heterocycles. The summed E-state index contributed by atoms with van der Waals surface area (Å²) in [6.45, 7) is 1.68. The Labute approximate surface area is 108 Å². The maximum Gasteiger partial charge on any atom is 0.213 e. The zero-order chi connectivity index (χ0) is 13.1. The minimum absolute atomic E-state index is 0.539. The monoisotopic (exact) mass is 261 g/mol. The van der Waals surface area contributed by atoms with E-state index in [1.807, 2.05) is 0 Å². The fourth-order valence-corrected chi connectivity index (χ4v) is 2.43. The molecule has 0 aliphatic heterocycles. The second kappa shape index (κ2) is 5.16. The lowest BCUT2D eigenvalue weighted by atomic mass is 10.1. The second-order valence-electron chi connectivity index (χ2n) is 3.73. The smallest absolute Gasteiger partial charge is 0.213 e. The van der Waals surface area contributed by atoms with Gasteiger partial charge in [-0.2, -0.15) is 5.26 Å². The van der Waals surface area contributed by atoms with Crippen LogP contribution in [0.2, 0.25) is 0 Å². The molecule has 92 valence electrons. The summed E-state index contributed by atoms with van der Waals surface area (Å²) in [5, 5.41) is 30.4. The van der Waals surface area contributed by atoms with Gasteiger partial charge in [-0.1, -0.05) is 6.07 Å². The van der Waals surface area contributed by atoms with Gasteiger partial charge in [-0.05, 0) is 46.8 Å². The molecule has 1 N–H and O–H groups in total. The van der Waals surface area contributed by atoms with Crippen molar-refractivity contribution in [2.75, 3.05) is 0 Å². The van der Waals surface area contributed by atoms with Crippen LogP contribution in [0.3, 0.4) is 0 Å². The standard InChI is InChI=1S/C11H11N5OS/c1-7(17)9-4-3-8(6-12)5-10(9)18-11-13-14-15-16(11)2/h3-5,7,17H,1-2H3/t7-/m0/s1. The van der Waals surface area contributed by atoms with E-state index >= 15 is 0 Å². The van der Waals surface area contributed by atoms with Gasteiger partial charge in [0.05, 0.1) is 17.7 Å². The molecule has 2 aromatic rings. The van der Waals surface area contributed by atoms with Crippen LogP contribution in [0.15, 0.2) is 28.3 Å². The molecular weight excluding hydrogens is 250 g/mol. The lowest BCUT2D eigenvalue weighted by Crippen LogP contribution is -1.97. The second-order valence-corrected chi connectivity index (χ2v) is 4.74. The Bertz CT molecular complexity index is 602. The van der Waals surface area contributed by atoms with Gasteiger partial charge in [0.15, 0.2) is 0 Å². The van der Waals surface area contributed by atoms with Crippen LogP contribution in [0, 0.1) is 11.3 Å². The summed E-state index contributed by atoms with van der Waals surface area (Å²) in [5.41, 5.74) is 1.29. The number of aliphatic hydroxyl groups is 1. The topological polar surface area (TPSA) is 87.6 Å². The van der Waals surface area contributed by atoms with Gasteiger partial charge in [0, 0.05) is 11.9 Å². The maximum atomic E-state index is 9.71. The first-order chi connectivity index (χ1) is 8.61. The van der Waals surface area contributed by atoms with Gasteiger partial charge >= 0.3 is 0 Å². The van der Waals surface area contributed by atoms with Crippen LogP contribution < -0.4 is 0 Å². The Morgan fingerprint density at radius 1 is 1.50 bits per heavy atom. The SMILES string of the molecule is C[C@H](O)c1ccc(C#N)cc1Sc1nnnn1C. The quantitative estimate of drug-likeness (QED) is 0.895. The highest BCUT2D eigenvalue weighted by molar-refractivity contribution is 7.99. The number of aryl methyl sites for hydroxylation is 1. The largest absolute Gasteiger partial charge is 0.389 e.